The van der Waals surface area contributed by atoms with Gasteiger partial charge in [-0.1, -0.05) is 0 Å². The molecule has 2 N–H and O–H groups in total. The van der Waals surface area contributed by atoms with Crippen LogP contribution >= 0.6 is 15.9 Å². The molecule has 1 aromatic rings. The molecule has 0 bridgehead atoms. The van der Waals surface area contributed by atoms with Gasteiger partial charge < -0.3 is 14.9 Å². The van der Waals surface area contributed by atoms with Crippen LogP contribution in [0.3, 0.4) is 0 Å². The van der Waals surface area contributed by atoms with Crippen molar-refractivity contribution in [2.24, 2.45) is 0 Å². The Labute approximate surface area is 101 Å². The van der Waals surface area contributed by atoms with Crippen molar-refractivity contribution in [2.75, 3.05) is 7.11 Å². The molecule has 0 unspecified atom stereocenters. The van der Waals surface area contributed by atoms with Crippen LogP contribution in [0, 0.1) is 0 Å². The zero-order valence-corrected chi connectivity index (χ0v) is 10.2. The third-order valence-electron chi connectivity index (χ3n) is 2.94. The average molecular weight is 287 g/mol. The molecular formula is C11H11BrO4. The Bertz CT molecular complexity index is 452. The van der Waals surface area contributed by atoms with E-state index < -0.39 is 11.4 Å². The minimum absolute atomic E-state index is 0.00687. The fraction of sp³-hybridized carbons (Fsp3) is 0.364. The molecule has 4 nitrogen and oxygen atoms in total. The highest BCUT2D eigenvalue weighted by Crippen LogP contribution is 2.55. The van der Waals surface area contributed by atoms with Crippen molar-refractivity contribution in [3.63, 3.8) is 0 Å². The molecule has 1 aliphatic carbocycles. The summed E-state index contributed by atoms with van der Waals surface area (Å²) >= 11 is 3.29. The van der Waals surface area contributed by atoms with Gasteiger partial charge in [-0.2, -0.15) is 0 Å². The lowest BCUT2D eigenvalue weighted by Gasteiger charge is -2.16. The van der Waals surface area contributed by atoms with Gasteiger partial charge in [0.15, 0.2) is 0 Å². The van der Waals surface area contributed by atoms with E-state index in [2.05, 4.69) is 15.9 Å². The molecule has 1 saturated carbocycles. The van der Waals surface area contributed by atoms with E-state index in [0.29, 0.717) is 28.6 Å². The number of halogens is 1. The fourth-order valence-corrected chi connectivity index (χ4v) is 2.73. The number of rotatable bonds is 3. The maximum Gasteiger partial charge on any atom is 0.314 e. The second kappa shape index (κ2) is 3.66. The van der Waals surface area contributed by atoms with Gasteiger partial charge in [-0.3, -0.25) is 4.79 Å². The Morgan fingerprint density at radius 2 is 2.12 bits per heavy atom. The van der Waals surface area contributed by atoms with Crippen LogP contribution in [0.5, 0.6) is 11.5 Å². The zero-order valence-electron chi connectivity index (χ0n) is 8.66. The van der Waals surface area contributed by atoms with Crippen LogP contribution in [0.4, 0.5) is 0 Å². The van der Waals surface area contributed by atoms with Gasteiger partial charge in [0.25, 0.3) is 0 Å². The van der Waals surface area contributed by atoms with Gasteiger partial charge in [0.1, 0.15) is 11.5 Å². The van der Waals surface area contributed by atoms with E-state index in [9.17, 15) is 15.0 Å². The number of methoxy groups -OCH3 is 1. The van der Waals surface area contributed by atoms with Crippen LogP contribution in [0.25, 0.3) is 0 Å². The highest BCUT2D eigenvalue weighted by molar-refractivity contribution is 9.10. The van der Waals surface area contributed by atoms with E-state index in [4.69, 9.17) is 4.74 Å². The van der Waals surface area contributed by atoms with Crippen LogP contribution in [0.15, 0.2) is 16.6 Å². The third-order valence-corrected chi connectivity index (χ3v) is 3.73. The van der Waals surface area contributed by atoms with E-state index in [1.54, 1.807) is 6.07 Å². The van der Waals surface area contributed by atoms with Crippen molar-refractivity contribution < 1.29 is 19.7 Å². The molecule has 2 rings (SSSR count). The molecule has 0 aliphatic heterocycles. The number of phenols is 1. The van der Waals surface area contributed by atoms with Gasteiger partial charge in [0.05, 0.1) is 17.0 Å². The summed E-state index contributed by atoms with van der Waals surface area (Å²) in [4.78, 5) is 11.2. The normalized spacial score (nSPS) is 16.9. The SMILES string of the molecule is COc1ccc(O)c(C2(C(=O)O)CC2)c1Br. The summed E-state index contributed by atoms with van der Waals surface area (Å²) in [7, 11) is 1.50. The predicted octanol–water partition coefficient (Wildman–Crippen LogP) is 2.28. The average Bonchev–Trinajstić information content (AvgIpc) is 2.99. The van der Waals surface area contributed by atoms with E-state index in [0.717, 1.165) is 0 Å². The first-order valence-electron chi connectivity index (χ1n) is 4.82. The van der Waals surface area contributed by atoms with Crippen molar-refractivity contribution in [2.45, 2.75) is 18.3 Å². The number of aliphatic carboxylic acids is 1. The van der Waals surface area contributed by atoms with Crippen molar-refractivity contribution in [1.82, 2.24) is 0 Å². The predicted molar refractivity (Wildman–Crippen MR) is 60.9 cm³/mol. The maximum absolute atomic E-state index is 11.2. The minimum Gasteiger partial charge on any atom is -0.508 e. The Morgan fingerprint density at radius 3 is 2.56 bits per heavy atom. The second-order valence-electron chi connectivity index (χ2n) is 3.86. The van der Waals surface area contributed by atoms with E-state index in [-0.39, 0.29) is 5.75 Å². The smallest absolute Gasteiger partial charge is 0.314 e. The number of carboxylic acids is 1. The van der Waals surface area contributed by atoms with Crippen molar-refractivity contribution in [1.29, 1.82) is 0 Å². The highest BCUT2D eigenvalue weighted by atomic mass is 79.9. The van der Waals surface area contributed by atoms with E-state index in [1.165, 1.54) is 13.2 Å². The lowest BCUT2D eigenvalue weighted by molar-refractivity contribution is -0.140. The largest absolute Gasteiger partial charge is 0.508 e. The van der Waals surface area contributed by atoms with Gasteiger partial charge in [0.2, 0.25) is 0 Å². The molecule has 0 amide bonds. The second-order valence-corrected chi connectivity index (χ2v) is 4.66. The molecule has 0 spiro atoms. The molecule has 0 atom stereocenters. The summed E-state index contributed by atoms with van der Waals surface area (Å²) in [6.45, 7) is 0. The van der Waals surface area contributed by atoms with Gasteiger partial charge in [-0.05, 0) is 40.9 Å². The molecule has 1 aliphatic rings. The van der Waals surface area contributed by atoms with Crippen LogP contribution in [-0.2, 0) is 10.2 Å². The molecule has 0 saturated heterocycles. The number of ether oxygens (including phenoxy) is 1. The number of carbonyl (C=O) groups is 1. The van der Waals surface area contributed by atoms with E-state index in [1.807, 2.05) is 0 Å². The van der Waals surface area contributed by atoms with Gasteiger partial charge in [0, 0.05) is 5.56 Å². The number of carboxylic acid groups (broad SMARTS) is 1. The molecule has 0 radical (unpaired) electrons. The first-order valence-corrected chi connectivity index (χ1v) is 5.61. The number of aromatic hydroxyl groups is 1. The third kappa shape index (κ3) is 1.46. The van der Waals surface area contributed by atoms with Crippen LogP contribution in [0.1, 0.15) is 18.4 Å². The number of phenolic OH excluding ortho intramolecular Hbond substituents is 1. The highest BCUT2D eigenvalue weighted by Gasteiger charge is 2.54. The van der Waals surface area contributed by atoms with Crippen molar-refractivity contribution in [3.8, 4) is 11.5 Å². The molecule has 86 valence electrons. The fourth-order valence-electron chi connectivity index (χ4n) is 1.86. The van der Waals surface area contributed by atoms with Crippen LogP contribution < -0.4 is 4.74 Å². The standard InChI is InChI=1S/C11H11BrO4/c1-16-7-3-2-6(13)8(9(7)12)11(4-5-11)10(14)15/h2-3,13H,4-5H2,1H3,(H,14,15). The van der Waals surface area contributed by atoms with Crippen molar-refractivity contribution >= 4 is 21.9 Å². The molecule has 5 heteroatoms. The molecule has 1 aromatic carbocycles. The Hall–Kier alpha value is -1.23. The topological polar surface area (TPSA) is 66.8 Å². The summed E-state index contributed by atoms with van der Waals surface area (Å²) in [5.74, 6) is -0.385. The monoisotopic (exact) mass is 286 g/mol. The summed E-state index contributed by atoms with van der Waals surface area (Å²) in [6.07, 6.45) is 1.09. The lowest BCUT2D eigenvalue weighted by atomic mass is 9.95. The minimum atomic E-state index is -0.947. The van der Waals surface area contributed by atoms with Crippen molar-refractivity contribution in [3.05, 3.63) is 22.2 Å². The number of hydrogen-bond acceptors (Lipinski definition) is 3. The molecule has 0 heterocycles. The first-order chi connectivity index (χ1) is 7.53. The molecule has 16 heavy (non-hydrogen) atoms. The van der Waals surface area contributed by atoms with Gasteiger partial charge >= 0.3 is 5.97 Å². The zero-order chi connectivity index (χ0) is 11.9. The summed E-state index contributed by atoms with van der Waals surface area (Å²) in [6, 6.07) is 3.06. The van der Waals surface area contributed by atoms with Gasteiger partial charge in [-0.25, -0.2) is 0 Å². The Kier molecular flexibility index (Phi) is 2.58. The van der Waals surface area contributed by atoms with Gasteiger partial charge in [-0.15, -0.1) is 0 Å². The lowest BCUT2D eigenvalue weighted by Crippen LogP contribution is -2.20. The number of hydrogen-bond donors (Lipinski definition) is 2. The Morgan fingerprint density at radius 1 is 1.50 bits per heavy atom. The first kappa shape index (κ1) is 11.3. The summed E-state index contributed by atoms with van der Waals surface area (Å²) < 4.78 is 5.62. The summed E-state index contributed by atoms with van der Waals surface area (Å²) in [5, 5.41) is 19.0. The summed E-state index contributed by atoms with van der Waals surface area (Å²) in [5.41, 5.74) is -0.531. The maximum atomic E-state index is 11.2. The van der Waals surface area contributed by atoms with Crippen LogP contribution in [0.2, 0.25) is 0 Å². The molecule has 0 aromatic heterocycles. The molecule has 1 fully saturated rings. The van der Waals surface area contributed by atoms with E-state index >= 15 is 0 Å². The number of benzene rings is 1. The Balaban J connectivity index is 2.60. The molecular weight excluding hydrogens is 276 g/mol. The quantitative estimate of drug-likeness (QED) is 0.895. The van der Waals surface area contributed by atoms with Crippen LogP contribution in [-0.4, -0.2) is 23.3 Å².